The molecule has 0 saturated heterocycles. The van der Waals surface area contributed by atoms with Crippen LogP contribution >= 0.6 is 43.2 Å². The first-order chi connectivity index (χ1) is 9.99. The summed E-state index contributed by atoms with van der Waals surface area (Å²) in [5.41, 5.74) is 0.161. The Bertz CT molecular complexity index is 809. The van der Waals surface area contributed by atoms with Gasteiger partial charge in [0.2, 0.25) is 0 Å². The lowest BCUT2D eigenvalue weighted by Gasteiger charge is -2.13. The lowest BCUT2D eigenvalue weighted by Crippen LogP contribution is -2.05. The molecule has 0 bridgehead atoms. The minimum Gasteiger partial charge on any atom is -0.383 e. The number of rotatable bonds is 2. The molecule has 2 aromatic carbocycles. The lowest BCUT2D eigenvalue weighted by molar-refractivity contribution is 0.211. The Morgan fingerprint density at radius 2 is 1.76 bits per heavy atom. The molecule has 1 nitrogen and oxygen atoms in total. The fourth-order valence-electron chi connectivity index (χ4n) is 2.22. The Hall–Kier alpha value is -0.820. The van der Waals surface area contributed by atoms with Crippen molar-refractivity contribution in [3.63, 3.8) is 0 Å². The van der Waals surface area contributed by atoms with E-state index < -0.39 is 17.7 Å². The van der Waals surface area contributed by atoms with E-state index in [1.54, 1.807) is 5.38 Å². The van der Waals surface area contributed by atoms with Crippen molar-refractivity contribution in [2.75, 3.05) is 0 Å². The van der Waals surface area contributed by atoms with Crippen LogP contribution in [0, 0.1) is 11.6 Å². The molecule has 0 amide bonds. The van der Waals surface area contributed by atoms with Gasteiger partial charge in [-0.1, -0.05) is 28.1 Å². The van der Waals surface area contributed by atoms with Crippen molar-refractivity contribution in [2.45, 2.75) is 6.10 Å². The predicted octanol–water partition coefficient (Wildman–Crippen LogP) is 5.79. The van der Waals surface area contributed by atoms with E-state index in [9.17, 15) is 13.9 Å². The molecule has 21 heavy (non-hydrogen) atoms. The molecule has 0 aliphatic rings. The van der Waals surface area contributed by atoms with E-state index in [0.717, 1.165) is 26.7 Å². The molecule has 0 aliphatic heterocycles. The van der Waals surface area contributed by atoms with E-state index in [4.69, 9.17) is 0 Å². The summed E-state index contributed by atoms with van der Waals surface area (Å²) in [4.78, 5) is 0. The van der Waals surface area contributed by atoms with E-state index in [1.807, 2.05) is 18.2 Å². The van der Waals surface area contributed by atoms with Crippen LogP contribution < -0.4 is 0 Å². The zero-order valence-corrected chi connectivity index (χ0v) is 14.4. The largest absolute Gasteiger partial charge is 0.383 e. The molecular formula is C15H8Br2F2OS. The van der Waals surface area contributed by atoms with Gasteiger partial charge >= 0.3 is 0 Å². The van der Waals surface area contributed by atoms with Gasteiger partial charge in [-0.25, -0.2) is 8.78 Å². The van der Waals surface area contributed by atoms with Crippen LogP contribution in [-0.2, 0) is 0 Å². The maximum Gasteiger partial charge on any atom is 0.133 e. The molecular weight excluding hydrogens is 426 g/mol. The molecule has 0 saturated carbocycles. The minimum absolute atomic E-state index is 0.298. The summed E-state index contributed by atoms with van der Waals surface area (Å²) in [6, 6.07) is 7.82. The molecule has 1 aromatic heterocycles. The molecule has 3 rings (SSSR count). The molecule has 1 unspecified atom stereocenters. The molecule has 1 atom stereocenters. The summed E-state index contributed by atoms with van der Waals surface area (Å²) < 4.78 is 30.1. The number of hydrogen-bond acceptors (Lipinski definition) is 2. The van der Waals surface area contributed by atoms with Gasteiger partial charge in [-0.3, -0.25) is 0 Å². The molecule has 1 N–H and O–H groups in total. The van der Waals surface area contributed by atoms with E-state index >= 15 is 0 Å². The highest BCUT2D eigenvalue weighted by atomic mass is 79.9. The normalized spacial score (nSPS) is 12.8. The number of thiophene rings is 1. The summed E-state index contributed by atoms with van der Waals surface area (Å²) >= 11 is 7.87. The van der Waals surface area contributed by atoms with Crippen LogP contribution in [0.1, 0.15) is 17.2 Å². The van der Waals surface area contributed by atoms with Crippen LogP contribution in [0.2, 0.25) is 0 Å². The fourth-order valence-corrected chi connectivity index (χ4v) is 4.27. The van der Waals surface area contributed by atoms with Crippen LogP contribution in [0.4, 0.5) is 8.78 Å². The van der Waals surface area contributed by atoms with Crippen molar-refractivity contribution in [3.05, 3.63) is 67.4 Å². The van der Waals surface area contributed by atoms with Crippen LogP contribution in [-0.4, -0.2) is 5.11 Å². The van der Waals surface area contributed by atoms with Gasteiger partial charge in [-0.15, -0.1) is 11.3 Å². The standard InChI is InChI=1S/C15H8Br2F2OS/c16-7-4-11(18)13(12(19)5-7)14(20)9-6-21-15-8(9)2-1-3-10(15)17/h1-6,14,20H. The SMILES string of the molecule is OC(c1c(F)cc(Br)cc1F)c1csc2c(Br)cccc12. The topological polar surface area (TPSA) is 20.2 Å². The number of aliphatic hydroxyl groups is 1. The Balaban J connectivity index is 2.18. The summed E-state index contributed by atoms with van der Waals surface area (Å²) in [7, 11) is 0. The van der Waals surface area contributed by atoms with Gasteiger partial charge in [0.25, 0.3) is 0 Å². The van der Waals surface area contributed by atoms with E-state index in [1.165, 1.54) is 11.3 Å². The quantitative estimate of drug-likeness (QED) is 0.542. The van der Waals surface area contributed by atoms with Crippen molar-refractivity contribution in [1.82, 2.24) is 0 Å². The highest BCUT2D eigenvalue weighted by molar-refractivity contribution is 9.11. The average Bonchev–Trinajstić information content (AvgIpc) is 2.82. The monoisotopic (exact) mass is 432 g/mol. The second-order valence-electron chi connectivity index (χ2n) is 4.49. The van der Waals surface area contributed by atoms with Crippen molar-refractivity contribution in [1.29, 1.82) is 0 Å². The molecule has 0 spiro atoms. The van der Waals surface area contributed by atoms with Crippen molar-refractivity contribution in [2.24, 2.45) is 0 Å². The van der Waals surface area contributed by atoms with E-state index in [-0.39, 0.29) is 5.56 Å². The first-order valence-corrected chi connectivity index (χ1v) is 8.43. The third kappa shape index (κ3) is 2.65. The molecule has 0 fully saturated rings. The number of halogens is 4. The van der Waals surface area contributed by atoms with Crippen LogP contribution in [0.3, 0.4) is 0 Å². The zero-order chi connectivity index (χ0) is 15.1. The lowest BCUT2D eigenvalue weighted by atomic mass is 10.00. The van der Waals surface area contributed by atoms with E-state index in [0.29, 0.717) is 10.0 Å². The van der Waals surface area contributed by atoms with Crippen molar-refractivity contribution in [3.8, 4) is 0 Å². The Morgan fingerprint density at radius 3 is 2.43 bits per heavy atom. The van der Waals surface area contributed by atoms with E-state index in [2.05, 4.69) is 31.9 Å². The molecule has 108 valence electrons. The highest BCUT2D eigenvalue weighted by Gasteiger charge is 2.23. The second kappa shape index (κ2) is 5.76. The highest BCUT2D eigenvalue weighted by Crippen LogP contribution is 2.38. The minimum atomic E-state index is -1.35. The first kappa shape index (κ1) is 15.1. The van der Waals surface area contributed by atoms with Crippen molar-refractivity contribution >= 4 is 53.3 Å². The molecule has 0 aliphatic carbocycles. The van der Waals surface area contributed by atoms with Crippen LogP contribution in [0.25, 0.3) is 10.1 Å². The third-order valence-corrected chi connectivity index (χ3v) is 5.62. The molecule has 0 radical (unpaired) electrons. The number of benzene rings is 2. The predicted molar refractivity (Wildman–Crippen MR) is 87.6 cm³/mol. The first-order valence-electron chi connectivity index (χ1n) is 5.97. The summed E-state index contributed by atoms with van der Waals surface area (Å²) in [6.07, 6.45) is -1.35. The number of aliphatic hydroxyl groups excluding tert-OH is 1. The van der Waals surface area contributed by atoms with Gasteiger partial charge in [-0.05, 0) is 44.9 Å². The molecule has 1 heterocycles. The van der Waals surface area contributed by atoms with Gasteiger partial charge in [0.05, 0.1) is 5.56 Å². The van der Waals surface area contributed by atoms with Crippen LogP contribution in [0.5, 0.6) is 0 Å². The molecule has 6 heteroatoms. The Morgan fingerprint density at radius 1 is 1.10 bits per heavy atom. The number of fused-ring (bicyclic) bond motifs is 1. The maximum atomic E-state index is 14.0. The third-order valence-electron chi connectivity index (χ3n) is 3.19. The summed E-state index contributed by atoms with van der Waals surface area (Å²) in [5, 5.41) is 12.9. The average molecular weight is 434 g/mol. The van der Waals surface area contributed by atoms with Gasteiger partial charge in [0.1, 0.15) is 17.7 Å². The van der Waals surface area contributed by atoms with Gasteiger partial charge < -0.3 is 5.11 Å². The van der Waals surface area contributed by atoms with Crippen LogP contribution in [0.15, 0.2) is 44.7 Å². The fraction of sp³-hybridized carbons (Fsp3) is 0.0667. The zero-order valence-electron chi connectivity index (χ0n) is 10.4. The summed E-state index contributed by atoms with van der Waals surface area (Å²) in [6.45, 7) is 0. The van der Waals surface area contributed by atoms with Crippen molar-refractivity contribution < 1.29 is 13.9 Å². The smallest absolute Gasteiger partial charge is 0.133 e. The summed E-state index contributed by atoms with van der Waals surface area (Å²) in [5.74, 6) is -1.55. The second-order valence-corrected chi connectivity index (χ2v) is 7.14. The Kier molecular flexibility index (Phi) is 4.14. The number of hydrogen-bond donors (Lipinski definition) is 1. The molecule has 3 aromatic rings. The van der Waals surface area contributed by atoms with Gasteiger partial charge in [0.15, 0.2) is 0 Å². The Labute approximate surface area is 140 Å². The maximum absolute atomic E-state index is 14.0. The van der Waals surface area contributed by atoms with Gasteiger partial charge in [0, 0.05) is 19.2 Å². The van der Waals surface area contributed by atoms with Gasteiger partial charge in [-0.2, -0.15) is 0 Å².